The number of ether oxygens (including phenoxy) is 1. The molecule has 1 amide bonds. The van der Waals surface area contributed by atoms with Crippen molar-refractivity contribution < 1.29 is 9.53 Å². The molecule has 19 heavy (non-hydrogen) atoms. The van der Waals surface area contributed by atoms with Crippen molar-refractivity contribution >= 4 is 5.91 Å². The predicted molar refractivity (Wildman–Crippen MR) is 74.9 cm³/mol. The minimum atomic E-state index is -0.456. The van der Waals surface area contributed by atoms with Gasteiger partial charge < -0.3 is 15.4 Å². The molecule has 1 fully saturated rings. The predicted octanol–water partition coefficient (Wildman–Crippen LogP) is 1.65. The molecule has 0 bridgehead atoms. The third-order valence-corrected chi connectivity index (χ3v) is 3.77. The van der Waals surface area contributed by atoms with Gasteiger partial charge in [-0.1, -0.05) is 25.1 Å². The third kappa shape index (κ3) is 3.26. The molecule has 1 aliphatic rings. The molecule has 1 aromatic carbocycles. The first-order valence-corrected chi connectivity index (χ1v) is 6.75. The highest BCUT2D eigenvalue weighted by Crippen LogP contribution is 2.29. The van der Waals surface area contributed by atoms with E-state index in [2.05, 4.69) is 6.92 Å². The number of likely N-dealkylation sites (tertiary alicyclic amines) is 1. The summed E-state index contributed by atoms with van der Waals surface area (Å²) in [5.74, 6) is 0.769. The van der Waals surface area contributed by atoms with Gasteiger partial charge in [0.25, 0.3) is 5.91 Å². The van der Waals surface area contributed by atoms with Crippen LogP contribution >= 0.6 is 0 Å². The topological polar surface area (TPSA) is 55.6 Å². The van der Waals surface area contributed by atoms with Crippen LogP contribution in [0.25, 0.3) is 0 Å². The lowest BCUT2D eigenvalue weighted by atomic mass is 9.90. The molecule has 1 saturated heterocycles. The van der Waals surface area contributed by atoms with E-state index < -0.39 is 6.10 Å². The van der Waals surface area contributed by atoms with Gasteiger partial charge in [-0.15, -0.1) is 0 Å². The molecule has 0 aliphatic carbocycles. The summed E-state index contributed by atoms with van der Waals surface area (Å²) in [6.07, 6.45) is 0.510. The summed E-state index contributed by atoms with van der Waals surface area (Å²) in [4.78, 5) is 14.2. The van der Waals surface area contributed by atoms with Gasteiger partial charge in [-0.25, -0.2) is 0 Å². The number of carbonyl (C=O) groups is 1. The smallest absolute Gasteiger partial charge is 0.263 e. The molecular formula is C15H22N2O2. The largest absolute Gasteiger partial charge is 0.481 e. The van der Waals surface area contributed by atoms with Crippen LogP contribution in [0.15, 0.2) is 30.3 Å². The van der Waals surface area contributed by atoms with Gasteiger partial charge in [0.1, 0.15) is 5.75 Å². The number of carbonyl (C=O) groups excluding carboxylic acids is 1. The number of benzene rings is 1. The summed E-state index contributed by atoms with van der Waals surface area (Å²) in [5.41, 5.74) is 5.82. The first-order valence-electron chi connectivity index (χ1n) is 6.75. The van der Waals surface area contributed by atoms with Crippen molar-refractivity contribution in [1.82, 2.24) is 4.90 Å². The van der Waals surface area contributed by atoms with Crippen LogP contribution in [0.3, 0.4) is 0 Å². The van der Waals surface area contributed by atoms with Crippen molar-refractivity contribution in [2.45, 2.75) is 26.4 Å². The van der Waals surface area contributed by atoms with Gasteiger partial charge in [0.15, 0.2) is 6.10 Å². The Bertz CT molecular complexity index is 435. The zero-order valence-corrected chi connectivity index (χ0v) is 11.6. The molecule has 2 atom stereocenters. The molecule has 4 heteroatoms. The lowest BCUT2D eigenvalue weighted by Crippen LogP contribution is -2.41. The van der Waals surface area contributed by atoms with Gasteiger partial charge in [0.2, 0.25) is 0 Å². The fourth-order valence-electron chi connectivity index (χ4n) is 2.39. The highest BCUT2D eigenvalue weighted by molar-refractivity contribution is 5.81. The van der Waals surface area contributed by atoms with Crippen molar-refractivity contribution in [1.29, 1.82) is 0 Å². The average Bonchev–Trinajstić information content (AvgIpc) is 2.82. The molecule has 1 aromatic rings. The first kappa shape index (κ1) is 13.9. The number of hydrogen-bond acceptors (Lipinski definition) is 3. The lowest BCUT2D eigenvalue weighted by molar-refractivity contribution is -0.137. The second-order valence-electron chi connectivity index (χ2n) is 5.60. The van der Waals surface area contributed by atoms with E-state index in [1.807, 2.05) is 35.2 Å². The Balaban J connectivity index is 1.93. The summed E-state index contributed by atoms with van der Waals surface area (Å²) in [7, 11) is 0. The molecule has 104 valence electrons. The molecule has 0 spiro atoms. The summed E-state index contributed by atoms with van der Waals surface area (Å²) < 4.78 is 5.67. The van der Waals surface area contributed by atoms with Crippen molar-refractivity contribution in [2.75, 3.05) is 19.6 Å². The van der Waals surface area contributed by atoms with E-state index >= 15 is 0 Å². The minimum absolute atomic E-state index is 0.0426. The Kier molecular flexibility index (Phi) is 4.10. The Hall–Kier alpha value is -1.55. The number of nitrogens with zero attached hydrogens (tertiary/aromatic N) is 1. The maximum atomic E-state index is 12.3. The highest BCUT2D eigenvalue weighted by Gasteiger charge is 2.36. The molecule has 2 unspecified atom stereocenters. The van der Waals surface area contributed by atoms with E-state index in [0.717, 1.165) is 25.3 Å². The number of rotatable bonds is 4. The lowest BCUT2D eigenvalue weighted by Gasteiger charge is -2.25. The SMILES string of the molecule is CC(Oc1ccccc1)C(=O)N1CCC(C)(CN)C1. The monoisotopic (exact) mass is 262 g/mol. The zero-order chi connectivity index (χ0) is 13.9. The van der Waals surface area contributed by atoms with Gasteiger partial charge in [0, 0.05) is 13.1 Å². The molecule has 2 rings (SSSR count). The standard InChI is InChI=1S/C15H22N2O2/c1-12(19-13-6-4-3-5-7-13)14(18)17-9-8-15(2,10-16)11-17/h3-7,12H,8-11,16H2,1-2H3. The second kappa shape index (κ2) is 5.61. The van der Waals surface area contributed by atoms with Crippen LogP contribution in [0, 0.1) is 5.41 Å². The number of nitrogens with two attached hydrogens (primary N) is 1. The molecular weight excluding hydrogens is 240 g/mol. The Morgan fingerprint density at radius 1 is 1.47 bits per heavy atom. The Morgan fingerprint density at radius 3 is 2.74 bits per heavy atom. The van der Waals surface area contributed by atoms with E-state index in [1.165, 1.54) is 0 Å². The number of para-hydroxylation sites is 1. The van der Waals surface area contributed by atoms with Crippen LogP contribution in [-0.4, -0.2) is 36.5 Å². The molecule has 1 aliphatic heterocycles. The number of hydrogen-bond donors (Lipinski definition) is 1. The van der Waals surface area contributed by atoms with Gasteiger partial charge in [-0.05, 0) is 37.4 Å². The van der Waals surface area contributed by atoms with Crippen molar-refractivity contribution in [3.05, 3.63) is 30.3 Å². The molecule has 1 heterocycles. The fraction of sp³-hybridized carbons (Fsp3) is 0.533. The molecule has 2 N–H and O–H groups in total. The first-order chi connectivity index (χ1) is 9.04. The minimum Gasteiger partial charge on any atom is -0.481 e. The average molecular weight is 262 g/mol. The summed E-state index contributed by atoms with van der Waals surface area (Å²) in [6, 6.07) is 9.43. The van der Waals surface area contributed by atoms with E-state index in [0.29, 0.717) is 6.54 Å². The van der Waals surface area contributed by atoms with Crippen LogP contribution in [0.1, 0.15) is 20.3 Å². The molecule has 0 saturated carbocycles. The van der Waals surface area contributed by atoms with E-state index in [-0.39, 0.29) is 11.3 Å². The van der Waals surface area contributed by atoms with E-state index in [1.54, 1.807) is 6.92 Å². The van der Waals surface area contributed by atoms with Crippen LogP contribution < -0.4 is 10.5 Å². The molecule has 0 radical (unpaired) electrons. The van der Waals surface area contributed by atoms with Gasteiger partial charge >= 0.3 is 0 Å². The van der Waals surface area contributed by atoms with Gasteiger partial charge in [-0.3, -0.25) is 4.79 Å². The summed E-state index contributed by atoms with van der Waals surface area (Å²) in [6.45, 7) is 6.04. The zero-order valence-electron chi connectivity index (χ0n) is 11.6. The van der Waals surface area contributed by atoms with Crippen LogP contribution in [0.2, 0.25) is 0 Å². The van der Waals surface area contributed by atoms with E-state index in [4.69, 9.17) is 10.5 Å². The van der Waals surface area contributed by atoms with Crippen LogP contribution in [0.4, 0.5) is 0 Å². The highest BCUT2D eigenvalue weighted by atomic mass is 16.5. The quantitative estimate of drug-likeness (QED) is 0.897. The molecule has 0 aromatic heterocycles. The van der Waals surface area contributed by atoms with Crippen LogP contribution in [0.5, 0.6) is 5.75 Å². The third-order valence-electron chi connectivity index (χ3n) is 3.77. The fourth-order valence-corrected chi connectivity index (χ4v) is 2.39. The summed E-state index contributed by atoms with van der Waals surface area (Å²) >= 11 is 0. The van der Waals surface area contributed by atoms with Crippen molar-refractivity contribution in [2.24, 2.45) is 11.1 Å². The normalized spacial score (nSPS) is 24.3. The summed E-state index contributed by atoms with van der Waals surface area (Å²) in [5, 5.41) is 0. The van der Waals surface area contributed by atoms with Gasteiger partial charge in [-0.2, -0.15) is 0 Å². The Labute approximate surface area is 114 Å². The maximum absolute atomic E-state index is 12.3. The van der Waals surface area contributed by atoms with Gasteiger partial charge in [0.05, 0.1) is 0 Å². The van der Waals surface area contributed by atoms with Crippen LogP contribution in [-0.2, 0) is 4.79 Å². The Morgan fingerprint density at radius 2 is 2.16 bits per heavy atom. The molecule has 4 nitrogen and oxygen atoms in total. The van der Waals surface area contributed by atoms with Crippen molar-refractivity contribution in [3.63, 3.8) is 0 Å². The second-order valence-corrected chi connectivity index (χ2v) is 5.60. The number of amides is 1. The van der Waals surface area contributed by atoms with Crippen molar-refractivity contribution in [3.8, 4) is 5.75 Å². The van der Waals surface area contributed by atoms with E-state index in [9.17, 15) is 4.79 Å². The maximum Gasteiger partial charge on any atom is 0.263 e.